The second kappa shape index (κ2) is 9.54. The summed E-state index contributed by atoms with van der Waals surface area (Å²) in [6.45, 7) is 2.57. The lowest BCUT2D eigenvalue weighted by Gasteiger charge is -2.37. The SMILES string of the molecule is O=C(Nc1ccccc1N1CCN(C(=O)c2ccc(Cl)cc2)CC1)c1ccccc1Br. The van der Waals surface area contributed by atoms with E-state index in [9.17, 15) is 9.59 Å². The molecule has 0 saturated carbocycles. The van der Waals surface area contributed by atoms with Gasteiger partial charge in [-0.15, -0.1) is 0 Å². The molecule has 1 aliphatic rings. The van der Waals surface area contributed by atoms with Crippen LogP contribution in [0.2, 0.25) is 5.02 Å². The Morgan fingerprint density at radius 1 is 0.839 bits per heavy atom. The lowest BCUT2D eigenvalue weighted by atomic mass is 10.1. The first-order valence-corrected chi connectivity index (χ1v) is 11.1. The van der Waals surface area contributed by atoms with Crippen molar-refractivity contribution in [2.75, 3.05) is 36.4 Å². The molecule has 158 valence electrons. The molecule has 0 bridgehead atoms. The average molecular weight is 499 g/mol. The Morgan fingerprint density at radius 2 is 1.48 bits per heavy atom. The van der Waals surface area contributed by atoms with Gasteiger partial charge in [-0.2, -0.15) is 0 Å². The van der Waals surface area contributed by atoms with Crippen molar-refractivity contribution in [1.82, 2.24) is 4.90 Å². The number of hydrogen-bond donors (Lipinski definition) is 1. The van der Waals surface area contributed by atoms with Crippen LogP contribution in [0.4, 0.5) is 11.4 Å². The molecule has 0 unspecified atom stereocenters. The van der Waals surface area contributed by atoms with E-state index < -0.39 is 0 Å². The molecule has 0 radical (unpaired) electrons. The molecule has 0 aromatic heterocycles. The summed E-state index contributed by atoms with van der Waals surface area (Å²) in [5, 5.41) is 3.64. The Morgan fingerprint density at radius 3 is 2.19 bits per heavy atom. The van der Waals surface area contributed by atoms with E-state index in [1.807, 2.05) is 47.4 Å². The normalized spacial score (nSPS) is 13.7. The van der Waals surface area contributed by atoms with Crippen LogP contribution in [0.5, 0.6) is 0 Å². The third-order valence-corrected chi connectivity index (χ3v) is 6.21. The molecule has 1 N–H and O–H groups in total. The molecule has 31 heavy (non-hydrogen) atoms. The molecule has 7 heteroatoms. The maximum absolute atomic E-state index is 12.8. The van der Waals surface area contributed by atoms with E-state index in [2.05, 4.69) is 26.1 Å². The minimum Gasteiger partial charge on any atom is -0.366 e. The molecule has 1 fully saturated rings. The number of nitrogens with one attached hydrogen (secondary N) is 1. The average Bonchev–Trinajstić information content (AvgIpc) is 2.80. The molecule has 0 spiro atoms. The molecule has 3 aromatic rings. The number of nitrogens with zero attached hydrogens (tertiary/aromatic N) is 2. The molecule has 1 saturated heterocycles. The van der Waals surface area contributed by atoms with Crippen LogP contribution in [0.15, 0.2) is 77.3 Å². The van der Waals surface area contributed by atoms with Gasteiger partial charge in [0.15, 0.2) is 0 Å². The summed E-state index contributed by atoms with van der Waals surface area (Å²) in [5.41, 5.74) is 2.91. The van der Waals surface area contributed by atoms with Gasteiger partial charge < -0.3 is 15.1 Å². The molecule has 5 nitrogen and oxygen atoms in total. The van der Waals surface area contributed by atoms with Crippen molar-refractivity contribution in [2.24, 2.45) is 0 Å². The number of anilines is 2. The van der Waals surface area contributed by atoms with Crippen LogP contribution in [0.3, 0.4) is 0 Å². The monoisotopic (exact) mass is 497 g/mol. The molecular weight excluding hydrogens is 478 g/mol. The second-order valence-electron chi connectivity index (χ2n) is 7.24. The quantitative estimate of drug-likeness (QED) is 0.530. The molecule has 0 aliphatic carbocycles. The van der Waals surface area contributed by atoms with E-state index in [-0.39, 0.29) is 11.8 Å². The van der Waals surface area contributed by atoms with E-state index in [1.165, 1.54) is 0 Å². The number of halogens is 2. The minimum atomic E-state index is -0.170. The highest BCUT2D eigenvalue weighted by Gasteiger charge is 2.24. The number of piperazine rings is 1. The summed E-state index contributed by atoms with van der Waals surface area (Å²) < 4.78 is 0.749. The summed E-state index contributed by atoms with van der Waals surface area (Å²) in [6, 6.07) is 22.1. The lowest BCUT2D eigenvalue weighted by molar-refractivity contribution is 0.0746. The van der Waals surface area contributed by atoms with Crippen LogP contribution < -0.4 is 10.2 Å². The van der Waals surface area contributed by atoms with Gasteiger partial charge in [-0.05, 0) is 64.5 Å². The second-order valence-corrected chi connectivity index (χ2v) is 8.53. The number of rotatable bonds is 4. The van der Waals surface area contributed by atoms with E-state index in [4.69, 9.17) is 11.6 Å². The topological polar surface area (TPSA) is 52.7 Å². The zero-order valence-electron chi connectivity index (χ0n) is 16.7. The first kappa shape index (κ1) is 21.4. The molecule has 2 amide bonds. The molecule has 0 atom stereocenters. The van der Waals surface area contributed by atoms with Crippen LogP contribution in [0, 0.1) is 0 Å². The van der Waals surface area contributed by atoms with Crippen LogP contribution in [-0.2, 0) is 0 Å². The van der Waals surface area contributed by atoms with Gasteiger partial charge in [0.2, 0.25) is 0 Å². The van der Waals surface area contributed by atoms with Crippen molar-refractivity contribution < 1.29 is 9.59 Å². The summed E-state index contributed by atoms with van der Waals surface area (Å²) >= 11 is 9.36. The first-order chi connectivity index (χ1) is 15.0. The third kappa shape index (κ3) is 4.92. The number of benzene rings is 3. The highest BCUT2D eigenvalue weighted by Crippen LogP contribution is 2.28. The van der Waals surface area contributed by atoms with E-state index in [0.29, 0.717) is 42.3 Å². The van der Waals surface area contributed by atoms with E-state index in [0.717, 1.165) is 15.8 Å². The minimum absolute atomic E-state index is 0.00633. The predicted octanol–water partition coefficient (Wildman–Crippen LogP) is 5.32. The van der Waals surface area contributed by atoms with Crippen molar-refractivity contribution in [2.45, 2.75) is 0 Å². The number of para-hydroxylation sites is 2. The highest BCUT2D eigenvalue weighted by molar-refractivity contribution is 9.10. The fraction of sp³-hybridized carbons (Fsp3) is 0.167. The van der Waals surface area contributed by atoms with E-state index >= 15 is 0 Å². The van der Waals surface area contributed by atoms with Crippen molar-refractivity contribution in [3.8, 4) is 0 Å². The van der Waals surface area contributed by atoms with Crippen LogP contribution in [0.1, 0.15) is 20.7 Å². The Bertz CT molecular complexity index is 1100. The standard InChI is InChI=1S/C24H21BrClN3O2/c25-20-6-2-1-5-19(20)23(30)27-21-7-3-4-8-22(21)28-13-15-29(16-14-28)24(31)17-9-11-18(26)12-10-17/h1-12H,13-16H2,(H,27,30). The fourth-order valence-electron chi connectivity index (χ4n) is 3.62. The molecule has 4 rings (SSSR count). The highest BCUT2D eigenvalue weighted by atomic mass is 79.9. The maximum atomic E-state index is 12.8. The van der Waals surface area contributed by atoms with Crippen LogP contribution in [0.25, 0.3) is 0 Å². The van der Waals surface area contributed by atoms with Crippen molar-refractivity contribution in [1.29, 1.82) is 0 Å². The van der Waals surface area contributed by atoms with Gasteiger partial charge in [0.25, 0.3) is 11.8 Å². The Balaban J connectivity index is 1.44. The Labute approximate surface area is 194 Å². The summed E-state index contributed by atoms with van der Waals surface area (Å²) in [6.07, 6.45) is 0. The summed E-state index contributed by atoms with van der Waals surface area (Å²) in [7, 11) is 0. The van der Waals surface area contributed by atoms with Crippen molar-refractivity contribution in [3.05, 3.63) is 93.4 Å². The first-order valence-electron chi connectivity index (χ1n) is 9.97. The van der Waals surface area contributed by atoms with Gasteiger partial charge in [-0.3, -0.25) is 9.59 Å². The summed E-state index contributed by atoms with van der Waals surface area (Å²) in [4.78, 5) is 29.6. The smallest absolute Gasteiger partial charge is 0.256 e. The number of amides is 2. The van der Waals surface area contributed by atoms with Gasteiger partial charge in [-0.1, -0.05) is 35.9 Å². The Hall–Kier alpha value is -2.83. The van der Waals surface area contributed by atoms with Gasteiger partial charge in [-0.25, -0.2) is 0 Å². The van der Waals surface area contributed by atoms with Gasteiger partial charge in [0, 0.05) is 41.2 Å². The molecule has 1 heterocycles. The van der Waals surface area contributed by atoms with Gasteiger partial charge in [0.05, 0.1) is 16.9 Å². The summed E-state index contributed by atoms with van der Waals surface area (Å²) in [5.74, 6) is -0.164. The van der Waals surface area contributed by atoms with Crippen LogP contribution in [-0.4, -0.2) is 42.9 Å². The number of carbonyl (C=O) groups excluding carboxylic acids is 2. The molecule has 3 aromatic carbocycles. The zero-order chi connectivity index (χ0) is 21.8. The molecular formula is C24H21BrClN3O2. The van der Waals surface area contributed by atoms with Gasteiger partial charge in [0.1, 0.15) is 0 Å². The van der Waals surface area contributed by atoms with E-state index in [1.54, 1.807) is 30.3 Å². The van der Waals surface area contributed by atoms with Crippen molar-refractivity contribution in [3.63, 3.8) is 0 Å². The maximum Gasteiger partial charge on any atom is 0.256 e. The number of carbonyl (C=O) groups is 2. The molecule has 1 aliphatic heterocycles. The number of hydrogen-bond acceptors (Lipinski definition) is 3. The zero-order valence-corrected chi connectivity index (χ0v) is 19.1. The third-order valence-electron chi connectivity index (χ3n) is 5.27. The Kier molecular flexibility index (Phi) is 6.59. The van der Waals surface area contributed by atoms with Crippen molar-refractivity contribution >= 4 is 50.7 Å². The van der Waals surface area contributed by atoms with Gasteiger partial charge >= 0.3 is 0 Å². The fourth-order valence-corrected chi connectivity index (χ4v) is 4.21. The largest absolute Gasteiger partial charge is 0.366 e. The lowest BCUT2D eigenvalue weighted by Crippen LogP contribution is -2.49. The predicted molar refractivity (Wildman–Crippen MR) is 128 cm³/mol. The van der Waals surface area contributed by atoms with Crippen LogP contribution >= 0.6 is 27.5 Å².